The molecule has 0 aliphatic rings. The number of hydrogen-bond donors (Lipinski definition) is 0. The van der Waals surface area contributed by atoms with E-state index in [1.54, 1.807) is 19.2 Å². The number of benzene rings is 2. The highest BCUT2D eigenvalue weighted by atomic mass is 35.5. The molecule has 0 spiro atoms. The molecule has 0 aliphatic carbocycles. The van der Waals surface area contributed by atoms with E-state index in [-0.39, 0.29) is 5.25 Å². The maximum atomic E-state index is 6.01. The van der Waals surface area contributed by atoms with Gasteiger partial charge in [0.05, 0.1) is 12.4 Å². The monoisotopic (exact) mass is 414 g/mol. The summed E-state index contributed by atoms with van der Waals surface area (Å²) in [5.74, 6) is 2.08. The molecule has 0 saturated heterocycles. The molecule has 1 atom stereocenters. The van der Waals surface area contributed by atoms with Crippen LogP contribution in [0.5, 0.6) is 5.75 Å². The molecule has 4 aromatic rings. The average molecular weight is 415 g/mol. The highest BCUT2D eigenvalue weighted by molar-refractivity contribution is 7.99. The van der Waals surface area contributed by atoms with Crippen LogP contribution in [0.2, 0.25) is 5.02 Å². The highest BCUT2D eigenvalue weighted by Gasteiger charge is 2.20. The first-order valence-electron chi connectivity index (χ1n) is 8.36. The molecule has 4 rings (SSSR count). The van der Waals surface area contributed by atoms with Crippen molar-refractivity contribution in [3.63, 3.8) is 0 Å². The van der Waals surface area contributed by atoms with Crippen LogP contribution in [-0.2, 0) is 0 Å². The van der Waals surface area contributed by atoms with Crippen LogP contribution < -0.4 is 4.74 Å². The number of rotatable bonds is 6. The topological polar surface area (TPSA) is 87.1 Å². The molecule has 0 N–H and O–H groups in total. The van der Waals surface area contributed by atoms with E-state index in [0.717, 1.165) is 16.9 Å². The molecule has 0 fully saturated rings. The summed E-state index contributed by atoms with van der Waals surface area (Å²) in [5, 5.41) is 17.2. The number of aromatic nitrogens is 4. The number of ether oxygens (including phenoxy) is 1. The summed E-state index contributed by atoms with van der Waals surface area (Å²) in [6, 6.07) is 14.7. The minimum absolute atomic E-state index is 0.160. The lowest BCUT2D eigenvalue weighted by atomic mass is 10.2. The summed E-state index contributed by atoms with van der Waals surface area (Å²) < 4.78 is 16.7. The zero-order valence-electron chi connectivity index (χ0n) is 15.0. The Morgan fingerprint density at radius 1 is 0.929 bits per heavy atom. The molecule has 9 heteroatoms. The Morgan fingerprint density at radius 3 is 2.43 bits per heavy atom. The van der Waals surface area contributed by atoms with Crippen LogP contribution >= 0.6 is 23.4 Å². The summed E-state index contributed by atoms with van der Waals surface area (Å²) in [4.78, 5) is 0. The van der Waals surface area contributed by atoms with Crippen LogP contribution in [0, 0.1) is 0 Å². The fourth-order valence-corrected chi connectivity index (χ4v) is 3.35. The third kappa shape index (κ3) is 4.02. The lowest BCUT2D eigenvalue weighted by Crippen LogP contribution is -1.88. The molecule has 142 valence electrons. The van der Waals surface area contributed by atoms with E-state index in [2.05, 4.69) is 20.4 Å². The van der Waals surface area contributed by atoms with Crippen molar-refractivity contribution in [2.75, 3.05) is 7.11 Å². The quantitative estimate of drug-likeness (QED) is 0.392. The van der Waals surface area contributed by atoms with E-state index in [1.165, 1.54) is 11.8 Å². The van der Waals surface area contributed by atoms with Crippen LogP contribution in [0.3, 0.4) is 0 Å². The number of methoxy groups -OCH3 is 1. The van der Waals surface area contributed by atoms with Gasteiger partial charge < -0.3 is 13.6 Å². The molecule has 0 unspecified atom stereocenters. The Balaban J connectivity index is 1.47. The highest BCUT2D eigenvalue weighted by Crippen LogP contribution is 2.35. The maximum absolute atomic E-state index is 6.01. The molecule has 0 amide bonds. The Hall–Kier alpha value is -2.84. The third-order valence-electron chi connectivity index (χ3n) is 3.88. The second-order valence-corrected chi connectivity index (χ2v) is 7.55. The number of nitrogens with zero attached hydrogens (tertiary/aromatic N) is 4. The van der Waals surface area contributed by atoms with Crippen molar-refractivity contribution in [2.45, 2.75) is 17.4 Å². The van der Waals surface area contributed by atoms with Crippen molar-refractivity contribution in [1.29, 1.82) is 0 Å². The van der Waals surface area contributed by atoms with Crippen molar-refractivity contribution in [2.24, 2.45) is 0 Å². The van der Waals surface area contributed by atoms with Crippen LogP contribution in [-0.4, -0.2) is 27.5 Å². The lowest BCUT2D eigenvalue weighted by Gasteiger charge is -2.02. The standard InChI is InChI=1S/C19H15ClN4O3S/c1-11(16-21-22-17(26-16)12-6-8-15(25-2)9-7-12)28-19-24-23-18(27-19)13-4-3-5-14(20)10-13/h3-11H,1-2H3/t11-/m1/s1. The zero-order valence-corrected chi connectivity index (χ0v) is 16.6. The Labute approximate surface area is 170 Å². The fraction of sp³-hybridized carbons (Fsp3) is 0.158. The summed E-state index contributed by atoms with van der Waals surface area (Å²) in [5.41, 5.74) is 1.58. The minimum atomic E-state index is -0.160. The van der Waals surface area contributed by atoms with Gasteiger partial charge in [0.15, 0.2) is 0 Å². The number of halogens is 1. The zero-order chi connectivity index (χ0) is 19.5. The van der Waals surface area contributed by atoms with E-state index >= 15 is 0 Å². The van der Waals surface area contributed by atoms with Crippen molar-refractivity contribution in [1.82, 2.24) is 20.4 Å². The molecule has 2 aromatic carbocycles. The summed E-state index contributed by atoms with van der Waals surface area (Å²) in [6.07, 6.45) is 0. The summed E-state index contributed by atoms with van der Waals surface area (Å²) >= 11 is 7.35. The Morgan fingerprint density at radius 2 is 1.68 bits per heavy atom. The van der Waals surface area contributed by atoms with E-state index in [0.29, 0.717) is 27.9 Å². The summed E-state index contributed by atoms with van der Waals surface area (Å²) in [7, 11) is 1.62. The SMILES string of the molecule is COc1ccc(-c2nnc([C@@H](C)Sc3nnc(-c4cccc(Cl)c4)o3)o2)cc1. The van der Waals surface area contributed by atoms with Gasteiger partial charge >= 0.3 is 0 Å². The fourth-order valence-electron chi connectivity index (χ4n) is 2.45. The molecule has 0 bridgehead atoms. The normalized spacial score (nSPS) is 12.1. The molecular formula is C19H15ClN4O3S. The molecule has 7 nitrogen and oxygen atoms in total. The van der Waals surface area contributed by atoms with Gasteiger partial charge in [-0.25, -0.2) is 0 Å². The first kappa shape index (κ1) is 18.5. The van der Waals surface area contributed by atoms with Gasteiger partial charge in [0, 0.05) is 16.1 Å². The second kappa shape index (κ2) is 8.04. The molecule has 2 aromatic heterocycles. The first-order chi connectivity index (χ1) is 13.6. The second-order valence-electron chi connectivity index (χ2n) is 5.82. The third-order valence-corrected chi connectivity index (χ3v) is 5.04. The minimum Gasteiger partial charge on any atom is -0.497 e. The largest absolute Gasteiger partial charge is 0.497 e. The van der Waals surface area contributed by atoms with Crippen LogP contribution in [0.1, 0.15) is 18.1 Å². The van der Waals surface area contributed by atoms with Crippen molar-refractivity contribution < 1.29 is 13.6 Å². The van der Waals surface area contributed by atoms with Crippen molar-refractivity contribution >= 4 is 23.4 Å². The van der Waals surface area contributed by atoms with Gasteiger partial charge in [0.2, 0.25) is 17.7 Å². The van der Waals surface area contributed by atoms with Crippen molar-refractivity contribution in [3.05, 3.63) is 59.4 Å². The van der Waals surface area contributed by atoms with Gasteiger partial charge in [-0.2, -0.15) is 0 Å². The van der Waals surface area contributed by atoms with Gasteiger partial charge in [-0.05, 0) is 49.4 Å². The molecule has 0 radical (unpaired) electrons. The van der Waals surface area contributed by atoms with E-state index in [9.17, 15) is 0 Å². The smallest absolute Gasteiger partial charge is 0.277 e. The number of thioether (sulfide) groups is 1. The van der Waals surface area contributed by atoms with E-state index < -0.39 is 0 Å². The van der Waals surface area contributed by atoms with Gasteiger partial charge in [0.25, 0.3) is 5.22 Å². The maximum Gasteiger partial charge on any atom is 0.277 e. The van der Waals surface area contributed by atoms with Crippen LogP contribution in [0.4, 0.5) is 0 Å². The average Bonchev–Trinajstić information content (AvgIpc) is 3.38. The first-order valence-corrected chi connectivity index (χ1v) is 9.62. The van der Waals surface area contributed by atoms with Gasteiger partial charge in [-0.3, -0.25) is 0 Å². The molecule has 28 heavy (non-hydrogen) atoms. The van der Waals surface area contributed by atoms with Crippen LogP contribution in [0.25, 0.3) is 22.9 Å². The van der Waals surface area contributed by atoms with Gasteiger partial charge in [0.1, 0.15) is 5.75 Å². The molecule has 0 saturated carbocycles. The molecule has 2 heterocycles. The van der Waals surface area contributed by atoms with Crippen LogP contribution in [0.15, 0.2) is 62.6 Å². The van der Waals surface area contributed by atoms with Gasteiger partial charge in [-0.15, -0.1) is 20.4 Å². The summed E-state index contributed by atoms with van der Waals surface area (Å²) in [6.45, 7) is 1.93. The lowest BCUT2D eigenvalue weighted by molar-refractivity contribution is 0.415. The predicted molar refractivity (Wildman–Crippen MR) is 105 cm³/mol. The van der Waals surface area contributed by atoms with Gasteiger partial charge in [-0.1, -0.05) is 29.4 Å². The van der Waals surface area contributed by atoms with Crippen molar-refractivity contribution in [3.8, 4) is 28.7 Å². The number of hydrogen-bond acceptors (Lipinski definition) is 8. The predicted octanol–water partition coefficient (Wildman–Crippen LogP) is 5.30. The van der Waals surface area contributed by atoms with E-state index in [4.69, 9.17) is 25.2 Å². The molecular weight excluding hydrogens is 400 g/mol. The molecule has 0 aliphatic heterocycles. The Bertz CT molecular complexity index is 1080. The Kier molecular flexibility index (Phi) is 5.31. The van der Waals surface area contributed by atoms with E-state index in [1.807, 2.05) is 43.3 Å².